The molecule has 1 amide bonds. The molecule has 1 aromatic carbocycles. The molecular formula is C14H15FN4O2. The van der Waals surface area contributed by atoms with Gasteiger partial charge in [-0.1, -0.05) is 17.3 Å². The minimum absolute atomic E-state index is 0.136. The zero-order valence-corrected chi connectivity index (χ0v) is 11.4. The number of aromatic nitrogens is 3. The highest BCUT2D eigenvalue weighted by molar-refractivity contribution is 5.91. The molecule has 0 N–H and O–H groups in total. The monoisotopic (exact) mass is 290 g/mol. The molecule has 0 aliphatic carbocycles. The number of rotatable bonds is 3. The zero-order valence-electron chi connectivity index (χ0n) is 11.4. The van der Waals surface area contributed by atoms with Crippen LogP contribution >= 0.6 is 0 Å². The number of amides is 1. The summed E-state index contributed by atoms with van der Waals surface area (Å²) in [6, 6.07) is 6.15. The van der Waals surface area contributed by atoms with E-state index in [0.717, 1.165) is 5.56 Å². The summed E-state index contributed by atoms with van der Waals surface area (Å²) in [6.07, 6.45) is 1.61. The van der Waals surface area contributed by atoms with Gasteiger partial charge in [0.05, 0.1) is 26.0 Å². The van der Waals surface area contributed by atoms with Crippen LogP contribution in [0.3, 0.4) is 0 Å². The molecule has 0 unspecified atom stereocenters. The van der Waals surface area contributed by atoms with E-state index in [-0.39, 0.29) is 11.7 Å². The maximum atomic E-state index is 12.8. The van der Waals surface area contributed by atoms with Crippen molar-refractivity contribution in [2.75, 3.05) is 26.3 Å². The van der Waals surface area contributed by atoms with E-state index >= 15 is 0 Å². The molecule has 2 heterocycles. The molecule has 1 fully saturated rings. The van der Waals surface area contributed by atoms with Gasteiger partial charge < -0.3 is 9.64 Å². The van der Waals surface area contributed by atoms with Crippen LogP contribution in [0.25, 0.3) is 0 Å². The lowest BCUT2D eigenvalue weighted by molar-refractivity contribution is 0.0299. The number of benzene rings is 1. The fourth-order valence-electron chi connectivity index (χ4n) is 2.18. The summed E-state index contributed by atoms with van der Waals surface area (Å²) in [7, 11) is 0. The van der Waals surface area contributed by atoms with E-state index in [9.17, 15) is 9.18 Å². The van der Waals surface area contributed by atoms with Crippen molar-refractivity contribution >= 4 is 5.91 Å². The van der Waals surface area contributed by atoms with Gasteiger partial charge in [-0.25, -0.2) is 9.07 Å². The smallest absolute Gasteiger partial charge is 0.276 e. The van der Waals surface area contributed by atoms with Gasteiger partial charge in [-0.3, -0.25) is 4.79 Å². The van der Waals surface area contributed by atoms with E-state index in [1.807, 2.05) is 0 Å². The predicted molar refractivity (Wildman–Crippen MR) is 72.2 cm³/mol. The average molecular weight is 290 g/mol. The highest BCUT2D eigenvalue weighted by Gasteiger charge is 2.21. The first-order valence-corrected chi connectivity index (χ1v) is 6.74. The van der Waals surface area contributed by atoms with Crippen molar-refractivity contribution in [3.05, 3.63) is 47.5 Å². The molecule has 1 aromatic heterocycles. The number of hydrogen-bond acceptors (Lipinski definition) is 4. The molecule has 1 aliphatic heterocycles. The molecule has 1 aliphatic rings. The Kier molecular flexibility index (Phi) is 3.92. The Morgan fingerprint density at radius 2 is 1.95 bits per heavy atom. The minimum Gasteiger partial charge on any atom is -0.378 e. The van der Waals surface area contributed by atoms with Crippen molar-refractivity contribution in [2.24, 2.45) is 0 Å². The molecule has 0 spiro atoms. The highest BCUT2D eigenvalue weighted by Crippen LogP contribution is 2.07. The Bertz CT molecular complexity index is 620. The lowest BCUT2D eigenvalue weighted by Crippen LogP contribution is -2.40. The minimum atomic E-state index is -0.277. The van der Waals surface area contributed by atoms with Gasteiger partial charge in [0.1, 0.15) is 5.82 Å². The quantitative estimate of drug-likeness (QED) is 0.844. The maximum absolute atomic E-state index is 12.8. The molecule has 2 aromatic rings. The molecule has 110 valence electrons. The largest absolute Gasteiger partial charge is 0.378 e. The molecule has 6 nitrogen and oxygen atoms in total. The summed E-state index contributed by atoms with van der Waals surface area (Å²) < 4.78 is 19.6. The number of hydrogen-bond donors (Lipinski definition) is 0. The Morgan fingerprint density at radius 1 is 1.24 bits per heavy atom. The molecule has 1 saturated heterocycles. The summed E-state index contributed by atoms with van der Waals surface area (Å²) in [4.78, 5) is 13.9. The van der Waals surface area contributed by atoms with E-state index in [2.05, 4.69) is 10.3 Å². The summed E-state index contributed by atoms with van der Waals surface area (Å²) in [5.74, 6) is -0.413. The lowest BCUT2D eigenvalue weighted by Gasteiger charge is -2.25. The van der Waals surface area contributed by atoms with Gasteiger partial charge in [-0.2, -0.15) is 0 Å². The number of carbonyl (C=O) groups excluding carboxylic acids is 1. The number of morpholine rings is 1. The SMILES string of the molecule is O=C(c1cn(Cc2ccc(F)cc2)nn1)N1CCOCC1. The standard InChI is InChI=1S/C14H15FN4O2/c15-12-3-1-11(2-4-12)9-19-10-13(16-17-19)14(20)18-5-7-21-8-6-18/h1-4,10H,5-9H2. The fraction of sp³-hybridized carbons (Fsp3) is 0.357. The van der Waals surface area contributed by atoms with Crippen LogP contribution in [0.1, 0.15) is 16.1 Å². The summed E-state index contributed by atoms with van der Waals surface area (Å²) in [5.41, 5.74) is 1.21. The summed E-state index contributed by atoms with van der Waals surface area (Å²) in [6.45, 7) is 2.70. The van der Waals surface area contributed by atoms with E-state index in [1.165, 1.54) is 12.1 Å². The Morgan fingerprint density at radius 3 is 2.67 bits per heavy atom. The van der Waals surface area contributed by atoms with Crippen LogP contribution in [0, 0.1) is 5.82 Å². The van der Waals surface area contributed by atoms with Crippen LogP contribution in [0.4, 0.5) is 4.39 Å². The molecule has 0 atom stereocenters. The van der Waals surface area contributed by atoms with Crippen molar-refractivity contribution in [2.45, 2.75) is 6.54 Å². The molecule has 7 heteroatoms. The van der Waals surface area contributed by atoms with Crippen molar-refractivity contribution in [1.29, 1.82) is 0 Å². The fourth-order valence-corrected chi connectivity index (χ4v) is 2.18. The van der Waals surface area contributed by atoms with Crippen molar-refractivity contribution in [3.8, 4) is 0 Å². The maximum Gasteiger partial charge on any atom is 0.276 e. The zero-order chi connectivity index (χ0) is 14.7. The second-order valence-corrected chi connectivity index (χ2v) is 4.83. The predicted octanol–water partition coefficient (Wildman–Crippen LogP) is 0.938. The van der Waals surface area contributed by atoms with Crippen LogP contribution in [0.5, 0.6) is 0 Å². The third kappa shape index (κ3) is 3.25. The second-order valence-electron chi connectivity index (χ2n) is 4.83. The molecule has 0 bridgehead atoms. The van der Waals surface area contributed by atoms with Crippen LogP contribution in [0.2, 0.25) is 0 Å². The second kappa shape index (κ2) is 6.01. The molecule has 3 rings (SSSR count). The van der Waals surface area contributed by atoms with E-state index in [4.69, 9.17) is 4.74 Å². The lowest BCUT2D eigenvalue weighted by atomic mass is 10.2. The van der Waals surface area contributed by atoms with Gasteiger partial charge in [0.2, 0.25) is 0 Å². The number of carbonyl (C=O) groups is 1. The van der Waals surface area contributed by atoms with Crippen molar-refractivity contribution < 1.29 is 13.9 Å². The normalized spacial score (nSPS) is 15.2. The van der Waals surface area contributed by atoms with E-state index in [1.54, 1.807) is 27.9 Å². The van der Waals surface area contributed by atoms with Gasteiger partial charge in [-0.15, -0.1) is 5.10 Å². The van der Waals surface area contributed by atoms with Crippen molar-refractivity contribution in [1.82, 2.24) is 19.9 Å². The first kappa shape index (κ1) is 13.7. The molecule has 0 saturated carbocycles. The summed E-state index contributed by atoms with van der Waals surface area (Å²) in [5, 5.41) is 7.86. The van der Waals surface area contributed by atoms with E-state index in [0.29, 0.717) is 38.5 Å². The first-order valence-electron chi connectivity index (χ1n) is 6.74. The molecule has 0 radical (unpaired) electrons. The highest BCUT2D eigenvalue weighted by atomic mass is 19.1. The third-order valence-corrected chi connectivity index (χ3v) is 3.31. The first-order chi connectivity index (χ1) is 10.2. The number of nitrogens with zero attached hydrogens (tertiary/aromatic N) is 4. The Labute approximate surface area is 121 Å². The van der Waals surface area contributed by atoms with Gasteiger partial charge >= 0.3 is 0 Å². The Hall–Kier alpha value is -2.28. The van der Waals surface area contributed by atoms with Crippen LogP contribution < -0.4 is 0 Å². The van der Waals surface area contributed by atoms with Gasteiger partial charge in [0.15, 0.2) is 5.69 Å². The average Bonchev–Trinajstić information content (AvgIpc) is 2.98. The van der Waals surface area contributed by atoms with Gasteiger partial charge in [0, 0.05) is 13.1 Å². The van der Waals surface area contributed by atoms with E-state index < -0.39 is 0 Å². The van der Waals surface area contributed by atoms with Crippen molar-refractivity contribution in [3.63, 3.8) is 0 Å². The number of ether oxygens (including phenoxy) is 1. The summed E-state index contributed by atoms with van der Waals surface area (Å²) >= 11 is 0. The van der Waals surface area contributed by atoms with Crippen LogP contribution in [-0.2, 0) is 11.3 Å². The number of halogens is 1. The topological polar surface area (TPSA) is 60.2 Å². The molecule has 21 heavy (non-hydrogen) atoms. The Balaban J connectivity index is 1.68. The van der Waals surface area contributed by atoms with Crippen LogP contribution in [-0.4, -0.2) is 52.1 Å². The third-order valence-electron chi connectivity index (χ3n) is 3.31. The van der Waals surface area contributed by atoms with Gasteiger partial charge in [-0.05, 0) is 17.7 Å². The van der Waals surface area contributed by atoms with Crippen LogP contribution in [0.15, 0.2) is 30.5 Å². The molecular weight excluding hydrogens is 275 g/mol. The van der Waals surface area contributed by atoms with Gasteiger partial charge in [0.25, 0.3) is 5.91 Å².